The van der Waals surface area contributed by atoms with Crippen molar-refractivity contribution in [1.29, 1.82) is 0 Å². The quantitative estimate of drug-likeness (QED) is 0.813. The van der Waals surface area contributed by atoms with Crippen LogP contribution in [0.25, 0.3) is 0 Å². The van der Waals surface area contributed by atoms with Gasteiger partial charge in [-0.1, -0.05) is 26.7 Å². The standard InChI is InChI=1S/C16H25NO2/c1-3-5-9-17(10-6-4-2)15-12-19-16-11-13(18)7-8-14(15)16/h7-8,11,15,18H,3-6,9-10,12H2,1-2H3. The molecule has 3 nitrogen and oxygen atoms in total. The summed E-state index contributed by atoms with van der Waals surface area (Å²) in [4.78, 5) is 2.54. The van der Waals surface area contributed by atoms with E-state index in [1.165, 1.54) is 31.2 Å². The van der Waals surface area contributed by atoms with Crippen molar-refractivity contribution in [2.24, 2.45) is 0 Å². The van der Waals surface area contributed by atoms with Gasteiger partial charge < -0.3 is 9.84 Å². The number of ether oxygens (including phenoxy) is 1. The first-order valence-corrected chi connectivity index (χ1v) is 7.46. The molecule has 3 heteroatoms. The summed E-state index contributed by atoms with van der Waals surface area (Å²) in [6.45, 7) is 7.44. The Labute approximate surface area is 116 Å². The molecule has 0 bridgehead atoms. The van der Waals surface area contributed by atoms with E-state index in [0.29, 0.717) is 12.6 Å². The number of fused-ring (bicyclic) bond motifs is 1. The van der Waals surface area contributed by atoms with E-state index >= 15 is 0 Å². The van der Waals surface area contributed by atoms with Crippen LogP contribution in [0.15, 0.2) is 18.2 Å². The van der Waals surface area contributed by atoms with Crippen LogP contribution in [0.2, 0.25) is 0 Å². The molecule has 0 aliphatic carbocycles. The van der Waals surface area contributed by atoms with Crippen molar-refractivity contribution in [2.75, 3.05) is 19.7 Å². The average Bonchev–Trinajstić information content (AvgIpc) is 2.82. The van der Waals surface area contributed by atoms with E-state index in [4.69, 9.17) is 4.74 Å². The molecule has 0 saturated carbocycles. The third-order valence-corrected chi connectivity index (χ3v) is 3.79. The molecule has 1 aromatic rings. The molecule has 1 N–H and O–H groups in total. The third kappa shape index (κ3) is 3.41. The molecule has 0 radical (unpaired) electrons. The van der Waals surface area contributed by atoms with Crippen LogP contribution >= 0.6 is 0 Å². The van der Waals surface area contributed by atoms with Gasteiger partial charge in [0.25, 0.3) is 0 Å². The van der Waals surface area contributed by atoms with Gasteiger partial charge in [0.05, 0.1) is 6.04 Å². The Bertz CT molecular complexity index is 398. The van der Waals surface area contributed by atoms with E-state index in [-0.39, 0.29) is 5.75 Å². The summed E-state index contributed by atoms with van der Waals surface area (Å²) in [5.41, 5.74) is 1.23. The molecular formula is C16H25NO2. The predicted octanol–water partition coefficient (Wildman–Crippen LogP) is 3.73. The number of hydrogen-bond donors (Lipinski definition) is 1. The molecule has 0 spiro atoms. The van der Waals surface area contributed by atoms with Gasteiger partial charge in [-0.15, -0.1) is 0 Å². The molecule has 1 aliphatic rings. The number of hydrogen-bond acceptors (Lipinski definition) is 3. The molecule has 2 rings (SSSR count). The van der Waals surface area contributed by atoms with E-state index < -0.39 is 0 Å². The highest BCUT2D eigenvalue weighted by Crippen LogP contribution is 2.38. The van der Waals surface area contributed by atoms with Crippen LogP contribution in [-0.2, 0) is 0 Å². The molecule has 0 aromatic heterocycles. The highest BCUT2D eigenvalue weighted by atomic mass is 16.5. The lowest BCUT2D eigenvalue weighted by atomic mass is 10.1. The van der Waals surface area contributed by atoms with Gasteiger partial charge in [0.15, 0.2) is 0 Å². The molecule has 0 saturated heterocycles. The van der Waals surface area contributed by atoms with Crippen molar-refractivity contribution in [1.82, 2.24) is 4.90 Å². The number of phenolic OH excluding ortho intramolecular Hbond substituents is 1. The third-order valence-electron chi connectivity index (χ3n) is 3.79. The monoisotopic (exact) mass is 263 g/mol. The smallest absolute Gasteiger partial charge is 0.127 e. The van der Waals surface area contributed by atoms with Crippen LogP contribution < -0.4 is 4.74 Å². The largest absolute Gasteiger partial charge is 0.508 e. The Balaban J connectivity index is 2.10. The summed E-state index contributed by atoms with van der Waals surface area (Å²) in [5.74, 6) is 1.14. The first kappa shape index (κ1) is 14.2. The fourth-order valence-electron chi connectivity index (χ4n) is 2.63. The molecule has 1 aromatic carbocycles. The molecule has 1 unspecified atom stereocenters. The Hall–Kier alpha value is -1.22. The van der Waals surface area contributed by atoms with Crippen LogP contribution in [0.1, 0.15) is 51.1 Å². The Morgan fingerprint density at radius 1 is 1.21 bits per heavy atom. The second kappa shape index (κ2) is 6.80. The summed E-state index contributed by atoms with van der Waals surface area (Å²) >= 11 is 0. The Morgan fingerprint density at radius 2 is 1.89 bits per heavy atom. The summed E-state index contributed by atoms with van der Waals surface area (Å²) in [7, 11) is 0. The van der Waals surface area contributed by atoms with E-state index in [9.17, 15) is 5.11 Å². The highest BCUT2D eigenvalue weighted by Gasteiger charge is 2.29. The number of aromatic hydroxyl groups is 1. The first-order valence-electron chi connectivity index (χ1n) is 7.46. The van der Waals surface area contributed by atoms with Gasteiger partial charge in [-0.05, 0) is 38.1 Å². The van der Waals surface area contributed by atoms with E-state index in [1.54, 1.807) is 12.1 Å². The minimum atomic E-state index is 0.285. The van der Waals surface area contributed by atoms with Crippen LogP contribution in [0.5, 0.6) is 11.5 Å². The second-order valence-corrected chi connectivity index (χ2v) is 5.29. The summed E-state index contributed by atoms with van der Waals surface area (Å²) in [5, 5.41) is 9.51. The zero-order valence-corrected chi connectivity index (χ0v) is 12.1. The molecule has 1 heterocycles. The Morgan fingerprint density at radius 3 is 2.53 bits per heavy atom. The molecule has 19 heavy (non-hydrogen) atoms. The zero-order chi connectivity index (χ0) is 13.7. The van der Waals surface area contributed by atoms with Crippen LogP contribution in [0, 0.1) is 0 Å². The lowest BCUT2D eigenvalue weighted by Crippen LogP contribution is -2.31. The van der Waals surface area contributed by atoms with Gasteiger partial charge in [-0.3, -0.25) is 4.90 Å². The summed E-state index contributed by atoms with van der Waals surface area (Å²) in [6, 6.07) is 5.85. The van der Waals surface area contributed by atoms with Gasteiger partial charge in [0.2, 0.25) is 0 Å². The maximum absolute atomic E-state index is 9.51. The van der Waals surface area contributed by atoms with Crippen LogP contribution in [0.3, 0.4) is 0 Å². The van der Waals surface area contributed by atoms with Crippen LogP contribution in [-0.4, -0.2) is 29.7 Å². The summed E-state index contributed by atoms with van der Waals surface area (Å²) in [6.07, 6.45) is 4.90. The lowest BCUT2D eigenvalue weighted by Gasteiger charge is -2.28. The van der Waals surface area contributed by atoms with Crippen molar-refractivity contribution in [3.8, 4) is 11.5 Å². The number of phenols is 1. The maximum Gasteiger partial charge on any atom is 0.127 e. The number of nitrogens with zero attached hydrogens (tertiary/aromatic N) is 1. The van der Waals surface area contributed by atoms with Crippen molar-refractivity contribution in [2.45, 2.75) is 45.6 Å². The first-order chi connectivity index (χ1) is 9.26. The Kier molecular flexibility index (Phi) is 5.08. The summed E-state index contributed by atoms with van der Waals surface area (Å²) < 4.78 is 5.73. The highest BCUT2D eigenvalue weighted by molar-refractivity contribution is 5.44. The average molecular weight is 263 g/mol. The normalized spacial score (nSPS) is 17.5. The van der Waals surface area contributed by atoms with Gasteiger partial charge in [-0.2, -0.15) is 0 Å². The lowest BCUT2D eigenvalue weighted by molar-refractivity contribution is 0.158. The van der Waals surface area contributed by atoms with Gasteiger partial charge in [-0.25, -0.2) is 0 Å². The predicted molar refractivity (Wildman–Crippen MR) is 77.7 cm³/mol. The topological polar surface area (TPSA) is 32.7 Å². The number of unbranched alkanes of at least 4 members (excludes halogenated alkanes) is 2. The van der Waals surface area contributed by atoms with Gasteiger partial charge in [0, 0.05) is 11.6 Å². The zero-order valence-electron chi connectivity index (χ0n) is 12.1. The second-order valence-electron chi connectivity index (χ2n) is 5.29. The fourth-order valence-corrected chi connectivity index (χ4v) is 2.63. The van der Waals surface area contributed by atoms with Crippen molar-refractivity contribution in [3.63, 3.8) is 0 Å². The number of rotatable bonds is 7. The minimum Gasteiger partial charge on any atom is -0.508 e. The molecular weight excluding hydrogens is 238 g/mol. The maximum atomic E-state index is 9.51. The molecule has 1 atom stereocenters. The molecule has 0 fully saturated rings. The molecule has 106 valence electrons. The van der Waals surface area contributed by atoms with Crippen molar-refractivity contribution < 1.29 is 9.84 Å². The molecule has 0 amide bonds. The van der Waals surface area contributed by atoms with Crippen molar-refractivity contribution in [3.05, 3.63) is 23.8 Å². The molecule has 1 aliphatic heterocycles. The van der Waals surface area contributed by atoms with Crippen molar-refractivity contribution >= 4 is 0 Å². The van der Waals surface area contributed by atoms with Gasteiger partial charge >= 0.3 is 0 Å². The minimum absolute atomic E-state index is 0.285. The SMILES string of the molecule is CCCCN(CCCC)C1COc2cc(O)ccc21. The van der Waals surface area contributed by atoms with Crippen LogP contribution in [0.4, 0.5) is 0 Å². The van der Waals surface area contributed by atoms with Gasteiger partial charge in [0.1, 0.15) is 18.1 Å². The van der Waals surface area contributed by atoms with E-state index in [2.05, 4.69) is 18.7 Å². The van der Waals surface area contributed by atoms with E-state index in [1.807, 2.05) is 6.07 Å². The fraction of sp³-hybridized carbons (Fsp3) is 0.625. The number of benzene rings is 1. The van der Waals surface area contributed by atoms with E-state index in [0.717, 1.165) is 18.8 Å².